The van der Waals surface area contributed by atoms with Gasteiger partial charge in [0.1, 0.15) is 5.82 Å². The molecule has 4 rings (SSSR count). The van der Waals surface area contributed by atoms with Gasteiger partial charge in [-0.15, -0.1) is 0 Å². The van der Waals surface area contributed by atoms with Crippen LogP contribution in [0, 0.1) is 12.7 Å². The first-order valence-corrected chi connectivity index (χ1v) is 10.6. The summed E-state index contributed by atoms with van der Waals surface area (Å²) in [6.45, 7) is 3.70. The monoisotopic (exact) mass is 432 g/mol. The molecule has 1 aliphatic heterocycles. The van der Waals surface area contributed by atoms with Gasteiger partial charge in [-0.05, 0) is 62.2 Å². The Balaban J connectivity index is 1.56. The fourth-order valence-corrected chi connectivity index (χ4v) is 3.78. The van der Waals surface area contributed by atoms with E-state index in [1.54, 1.807) is 24.3 Å². The van der Waals surface area contributed by atoms with Gasteiger partial charge in [0, 0.05) is 24.3 Å². The molecule has 6 nitrogen and oxygen atoms in total. The van der Waals surface area contributed by atoms with Crippen LogP contribution < -0.4 is 20.9 Å². The summed E-state index contributed by atoms with van der Waals surface area (Å²) in [5.41, 5.74) is 3.61. The van der Waals surface area contributed by atoms with Crippen molar-refractivity contribution in [2.45, 2.75) is 19.8 Å². The predicted octanol–water partition coefficient (Wildman–Crippen LogP) is 5.63. The lowest BCUT2D eigenvalue weighted by atomic mass is 10.1. The number of anilines is 4. The molecule has 3 N–H and O–H groups in total. The van der Waals surface area contributed by atoms with E-state index >= 15 is 0 Å². The number of carbonyl (C=O) groups excluding carboxylic acids is 2. The fourth-order valence-electron chi connectivity index (χ4n) is 3.78. The van der Waals surface area contributed by atoms with Gasteiger partial charge in [-0.25, -0.2) is 9.18 Å². The molecule has 7 heteroatoms. The minimum Gasteiger partial charge on any atom is -0.370 e. The highest BCUT2D eigenvalue weighted by Gasteiger charge is 2.18. The zero-order valence-electron chi connectivity index (χ0n) is 17.8. The van der Waals surface area contributed by atoms with Gasteiger partial charge in [0.2, 0.25) is 0 Å². The van der Waals surface area contributed by atoms with Crippen LogP contribution in [0.1, 0.15) is 28.8 Å². The van der Waals surface area contributed by atoms with Crippen LogP contribution in [0.25, 0.3) is 0 Å². The van der Waals surface area contributed by atoms with E-state index in [1.807, 2.05) is 37.3 Å². The summed E-state index contributed by atoms with van der Waals surface area (Å²) >= 11 is 0. The molecule has 0 atom stereocenters. The maximum atomic E-state index is 13.9. The summed E-state index contributed by atoms with van der Waals surface area (Å²) in [5.74, 6) is -0.744. The Bertz CT molecular complexity index is 1140. The number of benzene rings is 3. The van der Waals surface area contributed by atoms with E-state index in [9.17, 15) is 14.0 Å². The van der Waals surface area contributed by atoms with Crippen molar-refractivity contribution in [1.29, 1.82) is 0 Å². The maximum absolute atomic E-state index is 13.9. The summed E-state index contributed by atoms with van der Waals surface area (Å²) in [7, 11) is 0. The lowest BCUT2D eigenvalue weighted by Crippen LogP contribution is -2.24. The SMILES string of the molecule is Cc1cccc(C(=O)Nc2ccc(N3CCCC3)c(NC(=O)Nc3ccccc3F)c2)c1. The summed E-state index contributed by atoms with van der Waals surface area (Å²) < 4.78 is 13.9. The Hall–Kier alpha value is -3.87. The fraction of sp³-hybridized carbons (Fsp3) is 0.200. The molecule has 1 aliphatic rings. The molecule has 0 aromatic heterocycles. The predicted molar refractivity (Wildman–Crippen MR) is 126 cm³/mol. The molecule has 0 bridgehead atoms. The van der Waals surface area contributed by atoms with Crippen LogP contribution in [-0.2, 0) is 0 Å². The number of urea groups is 1. The van der Waals surface area contributed by atoms with Crippen LogP contribution in [0.15, 0.2) is 66.7 Å². The summed E-state index contributed by atoms with van der Waals surface area (Å²) in [6.07, 6.45) is 2.15. The molecule has 0 radical (unpaired) electrons. The van der Waals surface area contributed by atoms with E-state index < -0.39 is 11.8 Å². The summed E-state index contributed by atoms with van der Waals surface area (Å²) in [5, 5.41) is 8.24. The first-order valence-electron chi connectivity index (χ1n) is 10.6. The highest BCUT2D eigenvalue weighted by atomic mass is 19.1. The number of rotatable bonds is 5. The molecule has 0 unspecified atom stereocenters. The number of para-hydroxylation sites is 1. The molecule has 1 fully saturated rings. The third-order valence-corrected chi connectivity index (χ3v) is 5.35. The number of carbonyl (C=O) groups is 2. The Kier molecular flexibility index (Phi) is 6.35. The third-order valence-electron chi connectivity index (χ3n) is 5.35. The molecule has 1 saturated heterocycles. The van der Waals surface area contributed by atoms with Gasteiger partial charge in [0.15, 0.2) is 0 Å². The normalized spacial score (nSPS) is 13.0. The smallest absolute Gasteiger partial charge is 0.323 e. The van der Waals surface area contributed by atoms with Gasteiger partial charge in [0.25, 0.3) is 5.91 Å². The van der Waals surface area contributed by atoms with Crippen LogP contribution in [0.4, 0.5) is 31.9 Å². The minimum atomic E-state index is -0.558. The number of halogens is 1. The van der Waals surface area contributed by atoms with Crippen molar-refractivity contribution >= 4 is 34.7 Å². The molecule has 1 heterocycles. The lowest BCUT2D eigenvalue weighted by Gasteiger charge is -2.22. The summed E-state index contributed by atoms with van der Waals surface area (Å²) in [6, 6.07) is 18.2. The standard InChI is InChI=1S/C25H25FN4O2/c1-17-7-6-8-18(15-17)24(31)27-19-11-12-23(30-13-4-5-14-30)22(16-19)29-25(32)28-21-10-3-2-9-20(21)26/h2-3,6-12,15-16H,4-5,13-14H2,1H3,(H,27,31)(H2,28,29,32). The number of amides is 3. The third kappa shape index (κ3) is 5.06. The van der Waals surface area contributed by atoms with Gasteiger partial charge in [0.05, 0.1) is 17.1 Å². The highest BCUT2D eigenvalue weighted by molar-refractivity contribution is 6.06. The first kappa shape index (κ1) is 21.4. The topological polar surface area (TPSA) is 73.5 Å². The van der Waals surface area contributed by atoms with Crippen LogP contribution in [0.2, 0.25) is 0 Å². The Morgan fingerprint density at radius 1 is 0.844 bits per heavy atom. The van der Waals surface area contributed by atoms with Gasteiger partial charge in [-0.2, -0.15) is 0 Å². The van der Waals surface area contributed by atoms with E-state index in [1.165, 1.54) is 12.1 Å². The Morgan fingerprint density at radius 2 is 1.59 bits per heavy atom. The van der Waals surface area contributed by atoms with Crippen molar-refractivity contribution in [3.8, 4) is 0 Å². The molecule has 3 aromatic carbocycles. The zero-order chi connectivity index (χ0) is 22.5. The van der Waals surface area contributed by atoms with Crippen molar-refractivity contribution in [3.63, 3.8) is 0 Å². The Morgan fingerprint density at radius 3 is 2.34 bits per heavy atom. The quantitative estimate of drug-likeness (QED) is 0.489. The van der Waals surface area contributed by atoms with Crippen LogP contribution in [-0.4, -0.2) is 25.0 Å². The zero-order valence-corrected chi connectivity index (χ0v) is 17.8. The first-order chi connectivity index (χ1) is 15.5. The van der Waals surface area contributed by atoms with Gasteiger partial charge < -0.3 is 20.9 Å². The number of hydrogen-bond donors (Lipinski definition) is 3. The van der Waals surface area contributed by atoms with Crippen LogP contribution >= 0.6 is 0 Å². The second kappa shape index (κ2) is 9.51. The molecule has 164 valence electrons. The molecule has 0 saturated carbocycles. The number of hydrogen-bond acceptors (Lipinski definition) is 3. The number of aryl methyl sites for hydroxylation is 1. The van der Waals surface area contributed by atoms with Crippen molar-refractivity contribution in [2.24, 2.45) is 0 Å². The maximum Gasteiger partial charge on any atom is 0.323 e. The van der Waals surface area contributed by atoms with Gasteiger partial charge in [-0.1, -0.05) is 29.8 Å². The average molecular weight is 432 g/mol. The van der Waals surface area contributed by atoms with E-state index in [0.29, 0.717) is 16.9 Å². The van der Waals surface area contributed by atoms with E-state index in [4.69, 9.17) is 0 Å². The highest BCUT2D eigenvalue weighted by Crippen LogP contribution is 2.32. The van der Waals surface area contributed by atoms with Crippen LogP contribution in [0.5, 0.6) is 0 Å². The van der Waals surface area contributed by atoms with Crippen molar-refractivity contribution in [2.75, 3.05) is 33.9 Å². The van der Waals surface area contributed by atoms with E-state index in [-0.39, 0.29) is 11.6 Å². The number of nitrogens with zero attached hydrogens (tertiary/aromatic N) is 1. The molecule has 32 heavy (non-hydrogen) atoms. The van der Waals surface area contributed by atoms with Crippen molar-refractivity contribution < 1.29 is 14.0 Å². The second-order valence-corrected chi connectivity index (χ2v) is 7.81. The molecule has 3 aromatic rings. The Labute approximate surface area is 186 Å². The van der Waals surface area contributed by atoms with Gasteiger partial charge in [-0.3, -0.25) is 4.79 Å². The molecule has 0 spiro atoms. The second-order valence-electron chi connectivity index (χ2n) is 7.81. The molecular weight excluding hydrogens is 407 g/mol. The van der Waals surface area contributed by atoms with Crippen molar-refractivity contribution in [1.82, 2.24) is 0 Å². The van der Waals surface area contributed by atoms with E-state index in [2.05, 4.69) is 20.9 Å². The molecule has 3 amide bonds. The molecular formula is C25H25FN4O2. The van der Waals surface area contributed by atoms with Crippen molar-refractivity contribution in [3.05, 3.63) is 83.7 Å². The summed E-state index contributed by atoms with van der Waals surface area (Å²) in [4.78, 5) is 27.4. The molecule has 0 aliphatic carbocycles. The van der Waals surface area contributed by atoms with Crippen LogP contribution in [0.3, 0.4) is 0 Å². The lowest BCUT2D eigenvalue weighted by molar-refractivity contribution is 0.102. The largest absolute Gasteiger partial charge is 0.370 e. The number of nitrogens with one attached hydrogen (secondary N) is 3. The van der Waals surface area contributed by atoms with Gasteiger partial charge >= 0.3 is 6.03 Å². The minimum absolute atomic E-state index is 0.0941. The average Bonchev–Trinajstić information content (AvgIpc) is 3.30. The van der Waals surface area contributed by atoms with E-state index in [0.717, 1.165) is 37.2 Å².